The van der Waals surface area contributed by atoms with E-state index in [4.69, 9.17) is 9.47 Å². The molecule has 0 heterocycles. The number of benzene rings is 3. The van der Waals surface area contributed by atoms with Crippen LogP contribution >= 0.6 is 0 Å². The van der Waals surface area contributed by atoms with E-state index in [1.54, 1.807) is 60.7 Å². The Kier molecular flexibility index (Phi) is 8.12. The number of carboxylic acid groups (broad SMARTS) is 1. The number of hydrogen-bond acceptors (Lipinski definition) is 6. The maximum Gasteiger partial charge on any atom is 0.349 e. The lowest BCUT2D eigenvalue weighted by molar-refractivity contribution is -0.157. The van der Waals surface area contributed by atoms with Crippen LogP contribution in [0.5, 0.6) is 0 Å². The average Bonchev–Trinajstić information content (AvgIpc) is 2.87. The van der Waals surface area contributed by atoms with Crippen molar-refractivity contribution in [3.05, 3.63) is 102 Å². The van der Waals surface area contributed by atoms with Gasteiger partial charge in [-0.2, -0.15) is 0 Å². The summed E-state index contributed by atoms with van der Waals surface area (Å²) in [7, 11) is 0. The van der Waals surface area contributed by atoms with Gasteiger partial charge in [-0.25, -0.2) is 14.4 Å². The highest BCUT2D eigenvalue weighted by atomic mass is 16.6. The molecule has 0 radical (unpaired) electrons. The number of hydrogen-bond donors (Lipinski definition) is 2. The van der Waals surface area contributed by atoms with Crippen molar-refractivity contribution >= 4 is 29.5 Å². The zero-order chi connectivity index (χ0) is 24.5. The highest BCUT2D eigenvalue weighted by Gasteiger charge is 2.41. The zero-order valence-corrected chi connectivity index (χ0v) is 18.3. The Labute approximate surface area is 196 Å². The summed E-state index contributed by atoms with van der Waals surface area (Å²) in [6, 6.07) is 22.4. The first-order valence-electron chi connectivity index (χ1n) is 10.5. The Bertz CT molecular complexity index is 1160. The molecule has 0 fully saturated rings. The first-order valence-corrected chi connectivity index (χ1v) is 10.5. The predicted octanol–water partition coefficient (Wildman–Crippen LogP) is 3.72. The lowest BCUT2D eigenvalue weighted by Crippen LogP contribution is -2.48. The number of nitrogens with one attached hydrogen (secondary N) is 1. The maximum absolute atomic E-state index is 13.2. The third kappa shape index (κ3) is 6.07. The molecule has 8 nitrogen and oxygen atoms in total. The Morgan fingerprint density at radius 1 is 0.735 bits per heavy atom. The van der Waals surface area contributed by atoms with Crippen molar-refractivity contribution in [2.75, 3.05) is 5.32 Å². The molecule has 0 aliphatic heterocycles. The molecule has 3 aromatic carbocycles. The molecule has 0 aliphatic rings. The number of rotatable bonds is 9. The maximum atomic E-state index is 13.2. The number of carbonyl (C=O) groups excluding carboxylic acids is 3. The number of ether oxygens (including phenoxy) is 2. The van der Waals surface area contributed by atoms with Crippen LogP contribution in [0, 0.1) is 0 Å². The Balaban J connectivity index is 1.92. The number of carbonyl (C=O) groups is 4. The normalized spacial score (nSPS) is 12.1. The molecule has 0 bridgehead atoms. The smallest absolute Gasteiger partial charge is 0.349 e. The van der Waals surface area contributed by atoms with Crippen molar-refractivity contribution in [2.24, 2.45) is 0 Å². The molecule has 3 aromatic rings. The molecule has 1 amide bonds. The highest BCUT2D eigenvalue weighted by molar-refractivity contribution is 6.01. The molecule has 0 saturated carbocycles. The Hall–Kier alpha value is -4.46. The SMILES string of the molecule is CCc1ccccc1NC(=O)[C@@H](OC(=O)c1ccccc1)[C@H](OC(=O)c1ccccc1)C(=O)O. The Morgan fingerprint density at radius 2 is 1.21 bits per heavy atom. The summed E-state index contributed by atoms with van der Waals surface area (Å²) in [5.74, 6) is -4.51. The fourth-order valence-corrected chi connectivity index (χ4v) is 3.16. The lowest BCUT2D eigenvalue weighted by atomic mass is 10.1. The van der Waals surface area contributed by atoms with Gasteiger partial charge in [0.2, 0.25) is 12.2 Å². The largest absolute Gasteiger partial charge is 0.478 e. The van der Waals surface area contributed by atoms with Crippen LogP contribution in [0.1, 0.15) is 33.2 Å². The summed E-state index contributed by atoms with van der Waals surface area (Å²) < 4.78 is 10.4. The van der Waals surface area contributed by atoms with Crippen molar-refractivity contribution in [1.82, 2.24) is 0 Å². The fraction of sp³-hybridized carbons (Fsp3) is 0.154. The Morgan fingerprint density at radius 3 is 1.71 bits per heavy atom. The van der Waals surface area contributed by atoms with E-state index in [1.165, 1.54) is 24.3 Å². The van der Waals surface area contributed by atoms with Gasteiger partial charge in [-0.1, -0.05) is 61.5 Å². The second-order valence-corrected chi connectivity index (χ2v) is 7.22. The van der Waals surface area contributed by atoms with Crippen LogP contribution < -0.4 is 5.32 Å². The molecular formula is C26H23NO7. The van der Waals surface area contributed by atoms with Crippen LogP contribution in [0.25, 0.3) is 0 Å². The standard InChI is InChI=1S/C26H23NO7/c1-2-17-11-9-10-16-20(17)27-23(28)21(33-25(31)18-12-5-3-6-13-18)22(24(29)30)34-26(32)19-14-7-4-8-15-19/h3-16,21-22H,2H2,1H3,(H,27,28)(H,29,30)/t21-,22-/m0/s1. The lowest BCUT2D eigenvalue weighted by Gasteiger charge is -2.24. The van der Waals surface area contributed by atoms with E-state index >= 15 is 0 Å². The van der Waals surface area contributed by atoms with Crippen LogP contribution in [0.15, 0.2) is 84.9 Å². The molecule has 2 atom stereocenters. The predicted molar refractivity (Wildman–Crippen MR) is 123 cm³/mol. The van der Waals surface area contributed by atoms with Crippen molar-refractivity contribution < 1.29 is 33.8 Å². The minimum atomic E-state index is -2.09. The molecule has 0 unspecified atom stereocenters. The summed E-state index contributed by atoms with van der Waals surface area (Å²) in [5, 5.41) is 12.4. The van der Waals surface area contributed by atoms with Gasteiger partial charge in [-0.15, -0.1) is 0 Å². The summed E-state index contributed by atoms with van der Waals surface area (Å²) in [6.45, 7) is 1.89. The number of para-hydroxylation sites is 1. The third-order valence-electron chi connectivity index (χ3n) is 4.92. The molecule has 3 rings (SSSR count). The van der Waals surface area contributed by atoms with Gasteiger partial charge in [0.1, 0.15) is 0 Å². The van der Waals surface area contributed by atoms with E-state index in [0.717, 1.165) is 5.56 Å². The first-order chi connectivity index (χ1) is 16.4. The topological polar surface area (TPSA) is 119 Å². The van der Waals surface area contributed by atoms with Crippen LogP contribution in [0.2, 0.25) is 0 Å². The van der Waals surface area contributed by atoms with Crippen molar-refractivity contribution in [3.63, 3.8) is 0 Å². The molecule has 34 heavy (non-hydrogen) atoms. The second kappa shape index (κ2) is 11.4. The molecule has 2 N–H and O–H groups in total. The summed E-state index contributed by atoms with van der Waals surface area (Å²) in [5.41, 5.74) is 1.40. The van der Waals surface area contributed by atoms with Crippen LogP contribution in [0.3, 0.4) is 0 Å². The van der Waals surface area contributed by atoms with Gasteiger partial charge >= 0.3 is 17.9 Å². The molecule has 0 spiro atoms. The van der Waals surface area contributed by atoms with Gasteiger partial charge in [0.05, 0.1) is 11.1 Å². The number of aliphatic carboxylic acids is 1. The van der Waals surface area contributed by atoms with Gasteiger partial charge in [0.15, 0.2) is 0 Å². The van der Waals surface area contributed by atoms with Gasteiger partial charge in [-0.3, -0.25) is 4.79 Å². The van der Waals surface area contributed by atoms with Gasteiger partial charge in [0.25, 0.3) is 5.91 Å². The fourth-order valence-electron chi connectivity index (χ4n) is 3.16. The van der Waals surface area contributed by atoms with E-state index in [1.807, 2.05) is 6.92 Å². The number of aryl methyl sites for hydroxylation is 1. The summed E-state index contributed by atoms with van der Waals surface area (Å²) in [4.78, 5) is 50.5. The van der Waals surface area contributed by atoms with Crippen molar-refractivity contribution in [2.45, 2.75) is 25.6 Å². The van der Waals surface area contributed by atoms with Crippen molar-refractivity contribution in [1.29, 1.82) is 0 Å². The molecule has 8 heteroatoms. The third-order valence-corrected chi connectivity index (χ3v) is 4.92. The van der Waals surface area contributed by atoms with Crippen LogP contribution in [-0.2, 0) is 25.5 Å². The first kappa shape index (κ1) is 24.2. The van der Waals surface area contributed by atoms with Gasteiger partial charge in [0, 0.05) is 5.69 Å². The summed E-state index contributed by atoms with van der Waals surface area (Å²) >= 11 is 0. The molecular weight excluding hydrogens is 438 g/mol. The molecule has 0 aromatic heterocycles. The number of esters is 2. The monoisotopic (exact) mass is 461 g/mol. The number of amides is 1. The quantitative estimate of drug-likeness (QED) is 0.466. The minimum absolute atomic E-state index is 0.0821. The average molecular weight is 461 g/mol. The highest BCUT2D eigenvalue weighted by Crippen LogP contribution is 2.19. The summed E-state index contributed by atoms with van der Waals surface area (Å²) in [6.07, 6.45) is -3.45. The number of carboxylic acids is 1. The van der Waals surface area contributed by atoms with E-state index in [-0.39, 0.29) is 11.1 Å². The van der Waals surface area contributed by atoms with Crippen LogP contribution in [-0.4, -0.2) is 41.1 Å². The van der Waals surface area contributed by atoms with Gasteiger partial charge in [-0.05, 0) is 42.3 Å². The van der Waals surface area contributed by atoms with E-state index in [0.29, 0.717) is 12.1 Å². The van der Waals surface area contributed by atoms with E-state index < -0.39 is 36.0 Å². The molecule has 174 valence electrons. The molecule has 0 saturated heterocycles. The molecule has 0 aliphatic carbocycles. The van der Waals surface area contributed by atoms with E-state index in [2.05, 4.69) is 5.32 Å². The van der Waals surface area contributed by atoms with Crippen LogP contribution in [0.4, 0.5) is 5.69 Å². The second-order valence-electron chi connectivity index (χ2n) is 7.22. The van der Waals surface area contributed by atoms with Gasteiger partial charge < -0.3 is 19.9 Å². The van der Waals surface area contributed by atoms with Crippen molar-refractivity contribution in [3.8, 4) is 0 Å². The minimum Gasteiger partial charge on any atom is -0.478 e. The number of anilines is 1. The van der Waals surface area contributed by atoms with E-state index in [9.17, 15) is 24.3 Å². The zero-order valence-electron chi connectivity index (χ0n) is 18.3.